The number of nitrogens with one attached hydrogen (secondary N) is 1. The van der Waals surface area contributed by atoms with Crippen LogP contribution in [-0.2, 0) is 4.79 Å². The van der Waals surface area contributed by atoms with Crippen LogP contribution in [0.4, 0.5) is 0 Å². The van der Waals surface area contributed by atoms with E-state index in [0.717, 1.165) is 30.3 Å². The van der Waals surface area contributed by atoms with Gasteiger partial charge in [-0.3, -0.25) is 10.1 Å². The minimum absolute atomic E-state index is 0.201. The maximum absolute atomic E-state index is 12.2. The summed E-state index contributed by atoms with van der Waals surface area (Å²) in [6.07, 6.45) is 3.41. The second-order valence-electron chi connectivity index (χ2n) is 5.27. The van der Waals surface area contributed by atoms with Gasteiger partial charge in [0.05, 0.1) is 22.7 Å². The van der Waals surface area contributed by atoms with Crippen LogP contribution in [0, 0.1) is 0 Å². The average Bonchev–Trinajstić information content (AvgIpc) is 2.98. The lowest BCUT2D eigenvalue weighted by molar-refractivity contribution is -0.115. The van der Waals surface area contributed by atoms with Gasteiger partial charge in [-0.05, 0) is 81.3 Å². The smallest absolute Gasteiger partial charge is 0.264 e. The van der Waals surface area contributed by atoms with Gasteiger partial charge in [0.2, 0.25) is 0 Å². The lowest BCUT2D eigenvalue weighted by atomic mass is 10.2. The van der Waals surface area contributed by atoms with Crippen LogP contribution in [0.5, 0.6) is 5.75 Å². The van der Waals surface area contributed by atoms with Gasteiger partial charge in [-0.2, -0.15) is 5.10 Å². The van der Waals surface area contributed by atoms with Crippen LogP contribution >= 0.6 is 59.6 Å². The predicted octanol–water partition coefficient (Wildman–Crippen LogP) is 5.58. The molecule has 0 saturated carbocycles. The van der Waals surface area contributed by atoms with Gasteiger partial charge in [0.15, 0.2) is 5.17 Å². The van der Waals surface area contributed by atoms with Crippen molar-refractivity contribution in [2.45, 2.75) is 0 Å². The van der Waals surface area contributed by atoms with Crippen molar-refractivity contribution in [3.05, 3.63) is 65.8 Å². The number of carbonyl (C=O) groups excluding carboxylic acids is 1. The van der Waals surface area contributed by atoms with E-state index >= 15 is 0 Å². The Labute approximate surface area is 185 Å². The van der Waals surface area contributed by atoms with E-state index in [-0.39, 0.29) is 5.91 Å². The summed E-state index contributed by atoms with van der Waals surface area (Å²) < 4.78 is 7.86. The van der Waals surface area contributed by atoms with E-state index in [4.69, 9.17) is 4.74 Å². The molecule has 0 radical (unpaired) electrons. The third-order valence-corrected chi connectivity index (χ3v) is 6.16. The normalized spacial score (nSPS) is 17.1. The summed E-state index contributed by atoms with van der Waals surface area (Å²) in [4.78, 5) is 12.7. The summed E-state index contributed by atoms with van der Waals surface area (Å²) >= 11 is 11.6. The van der Waals surface area contributed by atoms with E-state index < -0.39 is 0 Å². The highest BCUT2D eigenvalue weighted by Gasteiger charge is 2.24. The number of halogens is 3. The van der Waals surface area contributed by atoms with Gasteiger partial charge >= 0.3 is 0 Å². The molecule has 1 N–H and O–H groups in total. The first-order valence-corrected chi connectivity index (χ1v) is 10.8. The number of amides is 1. The first kappa shape index (κ1) is 20.3. The summed E-state index contributed by atoms with van der Waals surface area (Å²) in [6.45, 7) is 0. The van der Waals surface area contributed by atoms with Crippen LogP contribution < -0.4 is 10.1 Å². The molecule has 0 aliphatic carbocycles. The number of hydrogen-bond donors (Lipinski definition) is 1. The lowest BCUT2D eigenvalue weighted by Gasteiger charge is -2.02. The average molecular weight is 574 g/mol. The molecule has 0 spiro atoms. The molecule has 0 unspecified atom stereocenters. The Balaban J connectivity index is 1.74. The zero-order chi connectivity index (χ0) is 19.4. The fourth-order valence-corrected chi connectivity index (χ4v) is 4.22. The molecule has 0 bridgehead atoms. The highest BCUT2D eigenvalue weighted by atomic mass is 79.9. The Morgan fingerprint density at radius 3 is 2.67 bits per heavy atom. The fraction of sp³-hybridized carbons (Fsp3) is 0.0556. The minimum Gasteiger partial charge on any atom is -0.496 e. The highest BCUT2D eigenvalue weighted by molar-refractivity contribution is 9.11. The van der Waals surface area contributed by atoms with Crippen molar-refractivity contribution in [1.82, 2.24) is 5.32 Å². The summed E-state index contributed by atoms with van der Waals surface area (Å²) in [7, 11) is 1.61. The largest absolute Gasteiger partial charge is 0.496 e. The van der Waals surface area contributed by atoms with Crippen LogP contribution in [0.1, 0.15) is 11.1 Å². The third kappa shape index (κ3) is 5.31. The zero-order valence-corrected chi connectivity index (χ0v) is 19.4. The topological polar surface area (TPSA) is 63.1 Å². The standard InChI is InChI=1S/C18H12Br3N3O2S/c1-26-15-5-2-10(6-14(15)21)9-22-24-18-23-17(25)16(27-18)8-11-7-12(19)3-4-13(11)20/h2-9H,1H3,(H,23,24,25)/b16-8-,22-9+. The summed E-state index contributed by atoms with van der Waals surface area (Å²) in [5.74, 6) is 0.540. The first-order valence-electron chi connectivity index (χ1n) is 7.57. The van der Waals surface area contributed by atoms with E-state index in [1.165, 1.54) is 11.8 Å². The molecule has 9 heteroatoms. The number of methoxy groups -OCH3 is 1. The second-order valence-corrected chi connectivity index (χ2v) is 8.93. The highest BCUT2D eigenvalue weighted by Crippen LogP contribution is 2.30. The molecule has 0 aromatic heterocycles. The van der Waals surface area contributed by atoms with Crippen LogP contribution in [0.2, 0.25) is 0 Å². The van der Waals surface area contributed by atoms with Crippen LogP contribution in [-0.4, -0.2) is 24.4 Å². The molecule has 1 fully saturated rings. The molecule has 1 amide bonds. The minimum atomic E-state index is -0.201. The van der Waals surface area contributed by atoms with Gasteiger partial charge in [0, 0.05) is 8.95 Å². The zero-order valence-electron chi connectivity index (χ0n) is 13.9. The molecule has 2 aromatic rings. The van der Waals surface area contributed by atoms with Crippen molar-refractivity contribution in [2.24, 2.45) is 10.2 Å². The monoisotopic (exact) mass is 571 g/mol. The van der Waals surface area contributed by atoms with Crippen molar-refractivity contribution in [3.8, 4) is 5.75 Å². The van der Waals surface area contributed by atoms with E-state index in [9.17, 15) is 4.79 Å². The van der Waals surface area contributed by atoms with Gasteiger partial charge in [-0.1, -0.05) is 31.9 Å². The number of hydrogen-bond acceptors (Lipinski definition) is 5. The summed E-state index contributed by atoms with van der Waals surface area (Å²) in [6, 6.07) is 11.3. The predicted molar refractivity (Wildman–Crippen MR) is 121 cm³/mol. The molecule has 1 aliphatic heterocycles. The molecule has 5 nitrogen and oxygen atoms in total. The molecule has 1 aliphatic rings. The Morgan fingerprint density at radius 2 is 1.93 bits per heavy atom. The molecule has 1 heterocycles. The van der Waals surface area contributed by atoms with Crippen molar-refractivity contribution >= 4 is 82.9 Å². The van der Waals surface area contributed by atoms with Gasteiger partial charge < -0.3 is 4.74 Å². The van der Waals surface area contributed by atoms with Crippen molar-refractivity contribution < 1.29 is 9.53 Å². The second kappa shape index (κ2) is 9.18. The summed E-state index contributed by atoms with van der Waals surface area (Å²) in [5.41, 5.74) is 1.75. The number of benzene rings is 2. The Hall–Kier alpha value is -1.42. The van der Waals surface area contributed by atoms with E-state index in [1.54, 1.807) is 13.3 Å². The van der Waals surface area contributed by atoms with Gasteiger partial charge in [-0.25, -0.2) is 0 Å². The number of nitrogens with zero attached hydrogens (tertiary/aromatic N) is 2. The van der Waals surface area contributed by atoms with E-state index in [2.05, 4.69) is 63.3 Å². The van der Waals surface area contributed by atoms with Crippen LogP contribution in [0.3, 0.4) is 0 Å². The van der Waals surface area contributed by atoms with Gasteiger partial charge in [0.25, 0.3) is 5.91 Å². The number of amidine groups is 1. The van der Waals surface area contributed by atoms with E-state index in [0.29, 0.717) is 10.1 Å². The van der Waals surface area contributed by atoms with E-state index in [1.807, 2.05) is 42.5 Å². The van der Waals surface area contributed by atoms with Crippen LogP contribution in [0.25, 0.3) is 6.08 Å². The number of ether oxygens (including phenoxy) is 1. The maximum Gasteiger partial charge on any atom is 0.264 e. The quantitative estimate of drug-likeness (QED) is 0.295. The molecule has 138 valence electrons. The van der Waals surface area contributed by atoms with Crippen LogP contribution in [0.15, 0.2) is 64.9 Å². The van der Waals surface area contributed by atoms with Gasteiger partial charge in [0.1, 0.15) is 5.75 Å². The molecule has 0 atom stereocenters. The Kier molecular flexibility index (Phi) is 6.91. The Bertz CT molecular complexity index is 990. The van der Waals surface area contributed by atoms with Crippen molar-refractivity contribution in [2.75, 3.05) is 7.11 Å². The lowest BCUT2D eigenvalue weighted by Crippen LogP contribution is -2.19. The third-order valence-electron chi connectivity index (χ3n) is 3.43. The van der Waals surface area contributed by atoms with Crippen molar-refractivity contribution in [1.29, 1.82) is 0 Å². The number of rotatable bonds is 4. The number of carbonyl (C=O) groups is 1. The molecular weight excluding hydrogens is 562 g/mol. The maximum atomic E-state index is 12.2. The summed E-state index contributed by atoms with van der Waals surface area (Å²) in [5, 5.41) is 11.3. The molecule has 1 saturated heterocycles. The Morgan fingerprint density at radius 1 is 1.11 bits per heavy atom. The van der Waals surface area contributed by atoms with Crippen molar-refractivity contribution in [3.63, 3.8) is 0 Å². The SMILES string of the molecule is COc1ccc(/C=N/N=C2/NC(=O)/C(=C/c3cc(Br)ccc3Br)S2)cc1Br. The molecule has 2 aromatic carbocycles. The number of thioether (sulfide) groups is 1. The fourth-order valence-electron chi connectivity index (χ4n) is 2.15. The molecular formula is C18H12Br3N3O2S. The molecule has 27 heavy (non-hydrogen) atoms. The first-order chi connectivity index (χ1) is 13.0. The molecule has 3 rings (SSSR count). The van der Waals surface area contributed by atoms with Gasteiger partial charge in [-0.15, -0.1) is 5.10 Å².